The van der Waals surface area contributed by atoms with Gasteiger partial charge in [0.05, 0.1) is 16.9 Å². The maximum atomic E-state index is 13.1. The summed E-state index contributed by atoms with van der Waals surface area (Å²) < 4.78 is 50.8. The fourth-order valence-electron chi connectivity index (χ4n) is 3.73. The van der Waals surface area contributed by atoms with Crippen molar-refractivity contribution >= 4 is 32.2 Å². The minimum atomic E-state index is -4.04. The molecule has 13 heteroatoms. The molecule has 1 atom stereocenters. The lowest BCUT2D eigenvalue weighted by Crippen LogP contribution is -2.44. The third-order valence-electron chi connectivity index (χ3n) is 5.61. The zero-order chi connectivity index (χ0) is 27.2. The van der Waals surface area contributed by atoms with E-state index in [1.165, 1.54) is 19.3 Å². The van der Waals surface area contributed by atoms with Gasteiger partial charge in [0, 0.05) is 12.6 Å². The highest BCUT2D eigenvalue weighted by Crippen LogP contribution is 2.27. The van der Waals surface area contributed by atoms with E-state index in [0.717, 1.165) is 4.31 Å². The molecular formula is C24H26N4O7S2. The number of hydrogen-bond donors (Lipinski definition) is 3. The Balaban J connectivity index is 1.81. The van der Waals surface area contributed by atoms with Crippen molar-refractivity contribution in [2.24, 2.45) is 16.2 Å². The third-order valence-corrected chi connectivity index (χ3v) is 8.41. The first-order valence-electron chi connectivity index (χ1n) is 10.8. The molecule has 11 nitrogen and oxygen atoms in total. The van der Waals surface area contributed by atoms with E-state index < -0.39 is 37.8 Å². The van der Waals surface area contributed by atoms with Gasteiger partial charge in [-0.1, -0.05) is 71.9 Å². The predicted octanol–water partition coefficient (Wildman–Crippen LogP) is 1.68. The van der Waals surface area contributed by atoms with Gasteiger partial charge >= 0.3 is 5.97 Å². The minimum absolute atomic E-state index is 0.0506. The standard InChI is InChI=1S/C24H26N4O7S2/c1-28(22(24(29)30)14-18-5-4-6-19(13-18)15-27-35-25)36(31,32)16-17-9-11-20(12-10-17)21-7-2-3-8-23(21)37(26,33)34/h2-13,15,22H,14,16,25H2,1H3,(H,29,30)(H2,26,33,34)/b27-15+. The van der Waals surface area contributed by atoms with Gasteiger partial charge in [0.2, 0.25) is 20.0 Å². The van der Waals surface area contributed by atoms with Crippen LogP contribution in [0.1, 0.15) is 16.7 Å². The Morgan fingerprint density at radius 3 is 2.32 bits per heavy atom. The average molecular weight is 547 g/mol. The monoisotopic (exact) mass is 546 g/mol. The SMILES string of the molecule is CN(C(Cc1cccc(/C=N/ON)c1)C(=O)O)S(=O)(=O)Cc1ccc(-c2ccccc2S(N)(=O)=O)cc1. The average Bonchev–Trinajstić information content (AvgIpc) is 2.85. The van der Waals surface area contributed by atoms with Gasteiger partial charge in [0.15, 0.2) is 0 Å². The van der Waals surface area contributed by atoms with E-state index in [1.807, 2.05) is 0 Å². The zero-order valence-electron chi connectivity index (χ0n) is 19.8. The summed E-state index contributed by atoms with van der Waals surface area (Å²) in [4.78, 5) is 16.1. The predicted molar refractivity (Wildman–Crippen MR) is 138 cm³/mol. The fraction of sp³-hybridized carbons (Fsp3) is 0.167. The van der Waals surface area contributed by atoms with Crippen molar-refractivity contribution in [2.75, 3.05) is 7.05 Å². The van der Waals surface area contributed by atoms with Gasteiger partial charge in [-0.25, -0.2) is 22.0 Å². The number of aliphatic carboxylic acids is 1. The summed E-state index contributed by atoms with van der Waals surface area (Å²) in [7, 11) is -6.78. The second-order valence-corrected chi connectivity index (χ2v) is 11.7. The number of sulfonamides is 2. The van der Waals surface area contributed by atoms with Gasteiger partial charge in [-0.15, -0.1) is 5.90 Å². The van der Waals surface area contributed by atoms with Crippen molar-refractivity contribution in [3.8, 4) is 11.1 Å². The molecule has 3 aromatic rings. The van der Waals surface area contributed by atoms with Crippen LogP contribution >= 0.6 is 0 Å². The molecule has 5 N–H and O–H groups in total. The lowest BCUT2D eigenvalue weighted by Gasteiger charge is -2.24. The zero-order valence-corrected chi connectivity index (χ0v) is 21.4. The number of carboxylic acid groups (broad SMARTS) is 1. The quantitative estimate of drug-likeness (QED) is 0.240. The molecule has 37 heavy (non-hydrogen) atoms. The molecule has 0 aliphatic carbocycles. The van der Waals surface area contributed by atoms with E-state index in [1.54, 1.807) is 66.7 Å². The Labute approximate surface area is 215 Å². The van der Waals surface area contributed by atoms with Gasteiger partial charge in [0.1, 0.15) is 6.04 Å². The molecule has 0 saturated carbocycles. The summed E-state index contributed by atoms with van der Waals surface area (Å²) in [5.41, 5.74) is 2.49. The highest BCUT2D eigenvalue weighted by molar-refractivity contribution is 7.89. The van der Waals surface area contributed by atoms with Crippen molar-refractivity contribution in [3.63, 3.8) is 0 Å². The number of carboxylic acids is 1. The van der Waals surface area contributed by atoms with E-state index in [-0.39, 0.29) is 11.3 Å². The molecule has 0 radical (unpaired) electrons. The molecule has 0 aliphatic heterocycles. The summed E-state index contributed by atoms with van der Waals surface area (Å²) in [5.74, 6) is 3.12. The van der Waals surface area contributed by atoms with Gasteiger partial charge in [0.25, 0.3) is 0 Å². The number of benzene rings is 3. The lowest BCUT2D eigenvalue weighted by atomic mass is 10.0. The Hall–Kier alpha value is -3.62. The Morgan fingerprint density at radius 1 is 1.03 bits per heavy atom. The number of rotatable bonds is 11. The van der Waals surface area contributed by atoms with Crippen LogP contribution in [0.3, 0.4) is 0 Å². The Morgan fingerprint density at radius 2 is 1.70 bits per heavy atom. The number of nitrogens with two attached hydrogens (primary N) is 2. The summed E-state index contributed by atoms with van der Waals surface area (Å²) in [6.07, 6.45) is 1.25. The second kappa shape index (κ2) is 11.6. The van der Waals surface area contributed by atoms with E-state index in [4.69, 9.17) is 11.0 Å². The smallest absolute Gasteiger partial charge is 0.322 e. The largest absolute Gasteiger partial charge is 0.480 e. The maximum absolute atomic E-state index is 13.1. The van der Waals surface area contributed by atoms with E-state index in [2.05, 4.69) is 10.1 Å². The van der Waals surface area contributed by atoms with Crippen LogP contribution in [-0.2, 0) is 42.0 Å². The van der Waals surface area contributed by atoms with Crippen molar-refractivity contribution in [2.45, 2.75) is 23.1 Å². The van der Waals surface area contributed by atoms with Gasteiger partial charge < -0.3 is 10.0 Å². The van der Waals surface area contributed by atoms with Crippen LogP contribution in [0.25, 0.3) is 11.1 Å². The molecule has 0 saturated heterocycles. The molecule has 0 spiro atoms. The molecule has 0 bridgehead atoms. The molecule has 0 aliphatic rings. The minimum Gasteiger partial charge on any atom is -0.480 e. The molecule has 0 heterocycles. The third kappa shape index (κ3) is 7.21. The van der Waals surface area contributed by atoms with Crippen LogP contribution in [0.5, 0.6) is 0 Å². The molecule has 0 aromatic heterocycles. The first-order valence-corrected chi connectivity index (χ1v) is 14.0. The van der Waals surface area contributed by atoms with Crippen molar-refractivity contribution in [1.82, 2.24) is 4.31 Å². The van der Waals surface area contributed by atoms with Crippen molar-refractivity contribution in [3.05, 3.63) is 89.5 Å². The van der Waals surface area contributed by atoms with Gasteiger partial charge in [-0.2, -0.15) is 4.31 Å². The number of oxime groups is 1. The number of nitrogens with zero attached hydrogens (tertiary/aromatic N) is 2. The highest BCUT2D eigenvalue weighted by Gasteiger charge is 2.32. The molecule has 3 aromatic carbocycles. The molecule has 0 amide bonds. The maximum Gasteiger partial charge on any atom is 0.322 e. The number of carbonyl (C=O) groups is 1. The first kappa shape index (κ1) is 28.0. The topological polar surface area (TPSA) is 182 Å². The van der Waals surface area contributed by atoms with Gasteiger partial charge in [-0.05, 0) is 34.7 Å². The van der Waals surface area contributed by atoms with Crippen LogP contribution in [-0.4, -0.2) is 51.5 Å². The van der Waals surface area contributed by atoms with Crippen LogP contribution in [0, 0.1) is 0 Å². The van der Waals surface area contributed by atoms with Crippen molar-refractivity contribution < 1.29 is 31.7 Å². The fourth-order valence-corrected chi connectivity index (χ4v) is 5.86. The summed E-state index contributed by atoms with van der Waals surface area (Å²) in [5, 5.41) is 18.5. The normalized spacial score (nSPS) is 13.1. The summed E-state index contributed by atoms with van der Waals surface area (Å²) >= 11 is 0. The van der Waals surface area contributed by atoms with Crippen LogP contribution in [0.15, 0.2) is 82.8 Å². The summed E-state index contributed by atoms with van der Waals surface area (Å²) in [6, 6.07) is 17.8. The van der Waals surface area contributed by atoms with Crippen LogP contribution in [0.2, 0.25) is 0 Å². The Kier molecular flexibility index (Phi) is 8.78. The van der Waals surface area contributed by atoms with Gasteiger partial charge in [-0.3, -0.25) is 4.79 Å². The number of hydrogen-bond acceptors (Lipinski definition) is 8. The van der Waals surface area contributed by atoms with Crippen LogP contribution in [0.4, 0.5) is 0 Å². The number of likely N-dealkylation sites (N-methyl/N-ethyl adjacent to an activating group) is 1. The Bertz CT molecular complexity index is 1510. The van der Waals surface area contributed by atoms with E-state index in [9.17, 15) is 26.7 Å². The lowest BCUT2D eigenvalue weighted by molar-refractivity contribution is -0.141. The number of primary sulfonamides is 1. The van der Waals surface area contributed by atoms with Crippen molar-refractivity contribution in [1.29, 1.82) is 0 Å². The summed E-state index contributed by atoms with van der Waals surface area (Å²) in [6.45, 7) is 0. The molecule has 0 fully saturated rings. The highest BCUT2D eigenvalue weighted by atomic mass is 32.2. The van der Waals surface area contributed by atoms with E-state index in [0.29, 0.717) is 27.8 Å². The molecule has 1 unspecified atom stereocenters. The first-order chi connectivity index (χ1) is 17.4. The second-order valence-electron chi connectivity index (χ2n) is 8.15. The molecular weight excluding hydrogens is 520 g/mol. The molecule has 3 rings (SSSR count). The molecule has 196 valence electrons. The van der Waals surface area contributed by atoms with E-state index >= 15 is 0 Å². The van der Waals surface area contributed by atoms with Crippen LogP contribution < -0.4 is 11.0 Å².